The summed E-state index contributed by atoms with van der Waals surface area (Å²) in [7, 11) is 0. The number of hydrogen-bond donors (Lipinski definition) is 5. The molecule has 0 fully saturated rings. The predicted octanol–water partition coefficient (Wildman–Crippen LogP) is -0.404. The zero-order chi connectivity index (χ0) is 20.4. The smallest absolute Gasteiger partial charge is 0.322 e. The zero-order valence-electron chi connectivity index (χ0n) is 16.2. The number of rotatable bonds is 11. The van der Waals surface area contributed by atoms with E-state index in [0.29, 0.717) is 12.8 Å². The fraction of sp³-hybridized carbons (Fsp3) is 0.765. The number of amides is 3. The molecule has 0 radical (unpaired) electrons. The second kappa shape index (κ2) is 11.5. The molecule has 0 aliphatic carbocycles. The molecule has 9 heteroatoms. The van der Waals surface area contributed by atoms with Crippen molar-refractivity contribution in [3.05, 3.63) is 0 Å². The molecular weight excluding hydrogens is 340 g/mol. The molecule has 0 aromatic rings. The van der Waals surface area contributed by atoms with Crippen molar-refractivity contribution in [2.24, 2.45) is 17.6 Å². The Morgan fingerprint density at radius 1 is 0.808 bits per heavy atom. The summed E-state index contributed by atoms with van der Waals surface area (Å²) in [6.07, 6.45) is 0.724. The number of carboxylic acids is 1. The third-order valence-electron chi connectivity index (χ3n) is 3.51. The first kappa shape index (κ1) is 23.8. The lowest BCUT2D eigenvalue weighted by Gasteiger charge is -2.25. The van der Waals surface area contributed by atoms with E-state index >= 15 is 0 Å². The van der Waals surface area contributed by atoms with Crippen molar-refractivity contribution in [1.82, 2.24) is 16.0 Å². The molecule has 6 N–H and O–H groups in total. The van der Waals surface area contributed by atoms with Crippen LogP contribution in [0.3, 0.4) is 0 Å². The lowest BCUT2D eigenvalue weighted by Crippen LogP contribution is -2.56. The molecule has 3 atom stereocenters. The van der Waals surface area contributed by atoms with Gasteiger partial charge in [0.15, 0.2) is 0 Å². The average Bonchev–Trinajstić information content (AvgIpc) is 2.49. The molecule has 0 aliphatic heterocycles. The molecule has 0 rings (SSSR count). The van der Waals surface area contributed by atoms with Gasteiger partial charge in [-0.15, -0.1) is 0 Å². The van der Waals surface area contributed by atoms with E-state index < -0.39 is 48.4 Å². The standard InChI is InChI=1S/C17H32N4O5/c1-9(2)6-12(16(25)19-8-14(22)23)21-17(26)13(7-10(3)4)20-15(24)11(5)18/h9-13H,6-8,18H2,1-5H3,(H,19,25)(H,20,24)(H,21,26)(H,22,23). The van der Waals surface area contributed by atoms with Crippen LogP contribution in [0.5, 0.6) is 0 Å². The molecule has 3 amide bonds. The van der Waals surface area contributed by atoms with Crippen LogP contribution in [0.4, 0.5) is 0 Å². The molecule has 0 aromatic heterocycles. The highest BCUT2D eigenvalue weighted by Crippen LogP contribution is 2.09. The van der Waals surface area contributed by atoms with E-state index in [2.05, 4.69) is 16.0 Å². The second-order valence-electron chi connectivity index (χ2n) is 7.28. The highest BCUT2D eigenvalue weighted by molar-refractivity contribution is 5.93. The maximum Gasteiger partial charge on any atom is 0.322 e. The molecular formula is C17H32N4O5. The molecule has 150 valence electrons. The number of carboxylic acid groups (broad SMARTS) is 1. The van der Waals surface area contributed by atoms with Crippen molar-refractivity contribution >= 4 is 23.7 Å². The predicted molar refractivity (Wildman–Crippen MR) is 97.1 cm³/mol. The molecule has 0 saturated heterocycles. The summed E-state index contributed by atoms with van der Waals surface area (Å²) in [6, 6.07) is -2.47. The SMILES string of the molecule is CC(C)CC(NC(=O)C(C)N)C(=O)NC(CC(C)C)C(=O)NCC(=O)O. The molecule has 26 heavy (non-hydrogen) atoms. The largest absolute Gasteiger partial charge is 0.480 e. The summed E-state index contributed by atoms with van der Waals surface area (Å²) in [5.74, 6) is -2.47. The summed E-state index contributed by atoms with van der Waals surface area (Å²) >= 11 is 0. The fourth-order valence-electron chi connectivity index (χ4n) is 2.27. The summed E-state index contributed by atoms with van der Waals surface area (Å²) in [5.41, 5.74) is 5.53. The Morgan fingerprint density at radius 3 is 1.62 bits per heavy atom. The lowest BCUT2D eigenvalue weighted by atomic mass is 10.00. The van der Waals surface area contributed by atoms with Crippen LogP contribution in [0, 0.1) is 11.8 Å². The number of nitrogens with one attached hydrogen (secondary N) is 3. The van der Waals surface area contributed by atoms with Gasteiger partial charge in [-0.25, -0.2) is 0 Å². The quantitative estimate of drug-likeness (QED) is 0.333. The van der Waals surface area contributed by atoms with Crippen molar-refractivity contribution in [2.75, 3.05) is 6.54 Å². The molecule has 0 aromatic carbocycles. The lowest BCUT2D eigenvalue weighted by molar-refractivity contribution is -0.138. The van der Waals surface area contributed by atoms with Gasteiger partial charge in [0, 0.05) is 0 Å². The summed E-state index contributed by atoms with van der Waals surface area (Å²) < 4.78 is 0. The van der Waals surface area contributed by atoms with E-state index in [0.717, 1.165) is 0 Å². The second-order valence-corrected chi connectivity index (χ2v) is 7.28. The third kappa shape index (κ3) is 9.97. The van der Waals surface area contributed by atoms with Gasteiger partial charge >= 0.3 is 5.97 Å². The van der Waals surface area contributed by atoms with Crippen LogP contribution in [0.15, 0.2) is 0 Å². The fourth-order valence-corrected chi connectivity index (χ4v) is 2.27. The summed E-state index contributed by atoms with van der Waals surface area (Å²) in [5, 5.41) is 16.2. The van der Waals surface area contributed by atoms with Crippen LogP contribution in [0.25, 0.3) is 0 Å². The number of aliphatic carboxylic acids is 1. The molecule has 3 unspecified atom stereocenters. The Balaban J connectivity index is 5.14. The van der Waals surface area contributed by atoms with Gasteiger partial charge in [0.1, 0.15) is 18.6 Å². The van der Waals surface area contributed by atoms with Crippen LogP contribution >= 0.6 is 0 Å². The van der Waals surface area contributed by atoms with Crippen LogP contribution in [-0.2, 0) is 19.2 Å². The van der Waals surface area contributed by atoms with Gasteiger partial charge in [0.25, 0.3) is 0 Å². The normalized spacial score (nSPS) is 14.5. The van der Waals surface area contributed by atoms with Crippen molar-refractivity contribution in [1.29, 1.82) is 0 Å². The van der Waals surface area contributed by atoms with Gasteiger partial charge in [0.2, 0.25) is 17.7 Å². The molecule has 9 nitrogen and oxygen atoms in total. The minimum atomic E-state index is -1.17. The van der Waals surface area contributed by atoms with Crippen LogP contribution < -0.4 is 21.7 Å². The van der Waals surface area contributed by atoms with Crippen molar-refractivity contribution in [3.63, 3.8) is 0 Å². The molecule has 0 spiro atoms. The summed E-state index contributed by atoms with van der Waals surface area (Å²) in [4.78, 5) is 47.3. The first-order valence-electron chi connectivity index (χ1n) is 8.79. The molecule has 0 bridgehead atoms. The van der Waals surface area contributed by atoms with E-state index in [1.54, 1.807) is 0 Å². The number of nitrogens with two attached hydrogens (primary N) is 1. The van der Waals surface area contributed by atoms with Crippen molar-refractivity contribution in [3.8, 4) is 0 Å². The van der Waals surface area contributed by atoms with Gasteiger partial charge in [-0.2, -0.15) is 0 Å². The van der Waals surface area contributed by atoms with Gasteiger partial charge in [-0.05, 0) is 31.6 Å². The van der Waals surface area contributed by atoms with Gasteiger partial charge < -0.3 is 26.8 Å². The summed E-state index contributed by atoms with van der Waals surface area (Å²) in [6.45, 7) is 8.56. The van der Waals surface area contributed by atoms with E-state index in [1.807, 2.05) is 27.7 Å². The van der Waals surface area contributed by atoms with E-state index in [9.17, 15) is 19.2 Å². The Labute approximate surface area is 154 Å². The third-order valence-corrected chi connectivity index (χ3v) is 3.51. The van der Waals surface area contributed by atoms with Crippen molar-refractivity contribution in [2.45, 2.75) is 65.6 Å². The first-order chi connectivity index (χ1) is 11.9. The topological polar surface area (TPSA) is 151 Å². The Kier molecular flexibility index (Phi) is 10.5. The zero-order valence-corrected chi connectivity index (χ0v) is 16.2. The first-order valence-corrected chi connectivity index (χ1v) is 8.79. The van der Waals surface area contributed by atoms with Crippen LogP contribution in [0.1, 0.15) is 47.5 Å². The number of hydrogen-bond acceptors (Lipinski definition) is 5. The van der Waals surface area contributed by atoms with Crippen LogP contribution in [0.2, 0.25) is 0 Å². The Morgan fingerprint density at radius 2 is 1.23 bits per heavy atom. The molecule has 0 saturated carbocycles. The highest BCUT2D eigenvalue weighted by Gasteiger charge is 2.28. The van der Waals surface area contributed by atoms with Gasteiger partial charge in [0.05, 0.1) is 6.04 Å². The monoisotopic (exact) mass is 372 g/mol. The average molecular weight is 372 g/mol. The maximum absolute atomic E-state index is 12.6. The van der Waals surface area contributed by atoms with Gasteiger partial charge in [-0.1, -0.05) is 27.7 Å². The number of carbonyl (C=O) groups is 4. The molecule has 0 aliphatic rings. The maximum atomic E-state index is 12.6. The van der Waals surface area contributed by atoms with Crippen molar-refractivity contribution < 1.29 is 24.3 Å². The van der Waals surface area contributed by atoms with E-state index in [4.69, 9.17) is 10.8 Å². The van der Waals surface area contributed by atoms with Crippen LogP contribution in [-0.4, -0.2) is 53.5 Å². The molecule has 0 heterocycles. The Hall–Kier alpha value is -2.16. The Bertz CT molecular complexity index is 505. The minimum absolute atomic E-state index is 0.0954. The highest BCUT2D eigenvalue weighted by atomic mass is 16.4. The van der Waals surface area contributed by atoms with E-state index in [1.165, 1.54) is 6.92 Å². The number of carbonyl (C=O) groups excluding carboxylic acids is 3. The van der Waals surface area contributed by atoms with E-state index in [-0.39, 0.29) is 11.8 Å². The minimum Gasteiger partial charge on any atom is -0.480 e. The van der Waals surface area contributed by atoms with Gasteiger partial charge in [-0.3, -0.25) is 19.2 Å².